The number of carbonyl (C=O) groups excluding carboxylic acids is 1. The average molecular weight is 348 g/mol. The minimum atomic E-state index is -3.61. The first-order valence-corrected chi connectivity index (χ1v) is 8.70. The van der Waals surface area contributed by atoms with E-state index < -0.39 is 10.2 Å². The highest BCUT2D eigenvalue weighted by molar-refractivity contribution is 7.90. The van der Waals surface area contributed by atoms with Crippen molar-refractivity contribution in [2.75, 3.05) is 25.9 Å². The molecular weight excluding hydrogens is 328 g/mol. The van der Waals surface area contributed by atoms with Gasteiger partial charge in [-0.05, 0) is 17.7 Å². The Morgan fingerprint density at radius 1 is 1.08 bits per heavy atom. The molecule has 1 N–H and O–H groups in total. The highest BCUT2D eigenvalue weighted by atomic mass is 32.2. The average Bonchev–Trinajstić information content (AvgIpc) is 2.55. The van der Waals surface area contributed by atoms with Crippen molar-refractivity contribution in [1.29, 1.82) is 0 Å². The molecule has 0 unspecified atom stereocenters. The summed E-state index contributed by atoms with van der Waals surface area (Å²) < 4.78 is 32.3. The van der Waals surface area contributed by atoms with Gasteiger partial charge >= 0.3 is 10.2 Å². The second-order valence-electron chi connectivity index (χ2n) is 5.43. The molecule has 2 rings (SSSR count). The zero-order valence-electron chi connectivity index (χ0n) is 13.8. The highest BCUT2D eigenvalue weighted by Crippen LogP contribution is 2.17. The minimum absolute atomic E-state index is 0.176. The van der Waals surface area contributed by atoms with E-state index in [1.807, 2.05) is 12.1 Å². The molecule has 128 valence electrons. The third-order valence-corrected chi connectivity index (χ3v) is 4.83. The summed E-state index contributed by atoms with van der Waals surface area (Å²) in [6.45, 7) is 0.482. The number of ketones is 1. The molecule has 0 aliphatic carbocycles. The van der Waals surface area contributed by atoms with Crippen molar-refractivity contribution in [2.45, 2.75) is 6.61 Å². The summed E-state index contributed by atoms with van der Waals surface area (Å²) in [5, 5.41) is 0. The Bertz CT molecular complexity index is 815. The van der Waals surface area contributed by atoms with Crippen LogP contribution in [0.3, 0.4) is 0 Å². The summed E-state index contributed by atoms with van der Waals surface area (Å²) in [7, 11) is 0.857. The van der Waals surface area contributed by atoms with Crippen molar-refractivity contribution in [3.63, 3.8) is 0 Å². The smallest absolute Gasteiger partial charge is 0.301 e. The van der Waals surface area contributed by atoms with Gasteiger partial charge in [0, 0.05) is 32.3 Å². The molecular formula is C17H20N2O4S. The number of rotatable bonds is 7. The topological polar surface area (TPSA) is 75.7 Å². The summed E-state index contributed by atoms with van der Waals surface area (Å²) in [6.07, 6.45) is 0. The lowest BCUT2D eigenvalue weighted by Crippen LogP contribution is -2.28. The van der Waals surface area contributed by atoms with Crippen LogP contribution in [0.2, 0.25) is 0 Å². The van der Waals surface area contributed by atoms with Gasteiger partial charge in [-0.15, -0.1) is 0 Å². The number of nitrogens with zero attached hydrogens (tertiary/aromatic N) is 1. The largest absolute Gasteiger partial charge is 0.380 e. The Morgan fingerprint density at radius 2 is 1.75 bits per heavy atom. The van der Waals surface area contributed by atoms with E-state index in [1.165, 1.54) is 20.2 Å². The Hall–Kier alpha value is -2.22. The lowest BCUT2D eigenvalue weighted by molar-refractivity contribution is 0.103. The number of benzene rings is 2. The number of nitrogens with one attached hydrogen (secondary N) is 1. The number of ether oxygens (including phenoxy) is 1. The van der Waals surface area contributed by atoms with Crippen LogP contribution in [0.5, 0.6) is 0 Å². The maximum Gasteiger partial charge on any atom is 0.301 e. The van der Waals surface area contributed by atoms with Gasteiger partial charge in [-0.1, -0.05) is 36.4 Å². The predicted octanol–water partition coefficient (Wildman–Crippen LogP) is 2.28. The van der Waals surface area contributed by atoms with Gasteiger partial charge in [0.05, 0.1) is 12.3 Å². The van der Waals surface area contributed by atoms with Crippen molar-refractivity contribution >= 4 is 21.7 Å². The summed E-state index contributed by atoms with van der Waals surface area (Å²) in [4.78, 5) is 12.5. The maximum absolute atomic E-state index is 12.5. The van der Waals surface area contributed by atoms with E-state index in [2.05, 4.69) is 4.72 Å². The van der Waals surface area contributed by atoms with Crippen molar-refractivity contribution in [3.8, 4) is 0 Å². The molecule has 0 fully saturated rings. The fraction of sp³-hybridized carbons (Fsp3) is 0.235. The van der Waals surface area contributed by atoms with Gasteiger partial charge in [-0.2, -0.15) is 12.7 Å². The number of hydrogen-bond donors (Lipinski definition) is 1. The van der Waals surface area contributed by atoms with Crippen LogP contribution in [0, 0.1) is 0 Å². The molecule has 0 atom stereocenters. The number of hydrogen-bond acceptors (Lipinski definition) is 4. The molecule has 0 saturated heterocycles. The van der Waals surface area contributed by atoms with Crippen LogP contribution in [0.15, 0.2) is 48.5 Å². The van der Waals surface area contributed by atoms with Crippen LogP contribution in [-0.4, -0.2) is 39.7 Å². The quantitative estimate of drug-likeness (QED) is 0.779. The molecule has 2 aromatic rings. The number of carbonyl (C=O) groups is 1. The summed E-state index contributed by atoms with van der Waals surface area (Å²) in [6, 6.07) is 13.5. The molecule has 2 aromatic carbocycles. The van der Waals surface area contributed by atoms with Crippen molar-refractivity contribution in [3.05, 3.63) is 65.2 Å². The first kappa shape index (κ1) is 18.1. The van der Waals surface area contributed by atoms with Crippen molar-refractivity contribution < 1.29 is 17.9 Å². The molecule has 6 nitrogen and oxygen atoms in total. The highest BCUT2D eigenvalue weighted by Gasteiger charge is 2.15. The molecule has 24 heavy (non-hydrogen) atoms. The van der Waals surface area contributed by atoms with Crippen LogP contribution in [0.25, 0.3) is 0 Å². The minimum Gasteiger partial charge on any atom is -0.380 e. The fourth-order valence-corrected chi connectivity index (χ4v) is 2.66. The Balaban J connectivity index is 2.23. The Morgan fingerprint density at radius 3 is 2.33 bits per heavy atom. The van der Waals surface area contributed by atoms with Crippen LogP contribution in [0.1, 0.15) is 21.5 Å². The predicted molar refractivity (Wildman–Crippen MR) is 93.3 cm³/mol. The maximum atomic E-state index is 12.5. The second kappa shape index (κ2) is 7.57. The van der Waals surface area contributed by atoms with Gasteiger partial charge in [-0.3, -0.25) is 9.52 Å². The summed E-state index contributed by atoms with van der Waals surface area (Å²) >= 11 is 0. The zero-order chi connectivity index (χ0) is 17.7. The first-order chi connectivity index (χ1) is 11.3. The molecule has 0 bridgehead atoms. The van der Waals surface area contributed by atoms with Crippen molar-refractivity contribution in [1.82, 2.24) is 4.31 Å². The number of methoxy groups -OCH3 is 1. The third-order valence-electron chi connectivity index (χ3n) is 3.38. The number of anilines is 1. The van der Waals surface area contributed by atoms with E-state index in [-0.39, 0.29) is 5.78 Å². The first-order valence-electron chi connectivity index (χ1n) is 7.26. The molecule has 0 aliphatic heterocycles. The molecule has 0 radical (unpaired) electrons. The van der Waals surface area contributed by atoms with Crippen LogP contribution in [-0.2, 0) is 21.6 Å². The Labute approximate surface area is 142 Å². The van der Waals surface area contributed by atoms with E-state index >= 15 is 0 Å². The van der Waals surface area contributed by atoms with Crippen LogP contribution in [0.4, 0.5) is 5.69 Å². The van der Waals surface area contributed by atoms with Crippen molar-refractivity contribution in [2.24, 2.45) is 0 Å². The lowest BCUT2D eigenvalue weighted by Gasteiger charge is -2.13. The van der Waals surface area contributed by atoms with Gasteiger partial charge in [0.1, 0.15) is 0 Å². The second-order valence-corrected chi connectivity index (χ2v) is 7.31. The van der Waals surface area contributed by atoms with Gasteiger partial charge in [-0.25, -0.2) is 0 Å². The van der Waals surface area contributed by atoms with E-state index in [0.717, 1.165) is 9.87 Å². The molecule has 7 heteroatoms. The normalized spacial score (nSPS) is 11.5. The summed E-state index contributed by atoms with van der Waals surface area (Å²) in [5.74, 6) is -0.176. The van der Waals surface area contributed by atoms with Gasteiger partial charge in [0.25, 0.3) is 0 Å². The van der Waals surface area contributed by atoms with Gasteiger partial charge in [0.2, 0.25) is 0 Å². The van der Waals surface area contributed by atoms with Gasteiger partial charge in [0.15, 0.2) is 5.78 Å². The lowest BCUT2D eigenvalue weighted by atomic mass is 10.0. The van der Waals surface area contributed by atoms with E-state index in [4.69, 9.17) is 4.74 Å². The standard InChI is InChI=1S/C17H20N2O4S/c1-19(2)24(21,22)18-16-6-4-5-15(11-16)17(20)14-9-7-13(8-10-14)12-23-3/h4-11,18H,12H2,1-3H3. The molecule has 0 spiro atoms. The zero-order valence-corrected chi connectivity index (χ0v) is 14.6. The SMILES string of the molecule is COCc1ccc(C(=O)c2cccc(NS(=O)(=O)N(C)C)c2)cc1. The monoisotopic (exact) mass is 348 g/mol. The third kappa shape index (κ3) is 4.41. The Kier molecular flexibility index (Phi) is 5.71. The molecule has 0 heterocycles. The molecule has 0 saturated carbocycles. The fourth-order valence-electron chi connectivity index (χ4n) is 2.05. The van der Waals surface area contributed by atoms with E-state index in [9.17, 15) is 13.2 Å². The molecule has 0 amide bonds. The summed E-state index contributed by atoms with van der Waals surface area (Å²) in [5.41, 5.74) is 2.25. The van der Waals surface area contributed by atoms with Gasteiger partial charge < -0.3 is 4.74 Å². The molecule has 0 aliphatic rings. The van der Waals surface area contributed by atoms with E-state index in [0.29, 0.717) is 23.4 Å². The van der Waals surface area contributed by atoms with E-state index in [1.54, 1.807) is 37.4 Å². The molecule has 0 aromatic heterocycles. The van der Waals surface area contributed by atoms with Crippen LogP contribution < -0.4 is 4.72 Å². The van der Waals surface area contributed by atoms with Crippen LogP contribution >= 0.6 is 0 Å².